The van der Waals surface area contributed by atoms with Crippen molar-refractivity contribution in [2.24, 2.45) is 0 Å². The van der Waals surface area contributed by atoms with Crippen molar-refractivity contribution in [2.75, 3.05) is 10.6 Å². The molecule has 0 spiro atoms. The van der Waals surface area contributed by atoms with Gasteiger partial charge in [-0.05, 0) is 35.7 Å². The van der Waals surface area contributed by atoms with Gasteiger partial charge in [0, 0.05) is 5.69 Å². The lowest BCUT2D eigenvalue weighted by Gasteiger charge is -2.14. The number of para-hydroxylation sites is 1. The normalized spacial score (nSPS) is 16.3. The molecule has 0 saturated heterocycles. The van der Waals surface area contributed by atoms with Crippen molar-refractivity contribution >= 4 is 29.1 Å². The monoisotopic (exact) mass is 351 g/mol. The summed E-state index contributed by atoms with van der Waals surface area (Å²) in [5.74, 6) is -0.716. The molecule has 0 unspecified atom stereocenters. The maximum Gasteiger partial charge on any atom is 0.254 e. The van der Waals surface area contributed by atoms with Gasteiger partial charge in [0.1, 0.15) is 6.04 Å². The standard InChI is InChI=1S/C20H21N3O3/c1-12(2)13-7-9-14(10-8-13)21-18(24)11-17-20(26)22-16-6-4-3-5-15(16)19(25)23-17/h3-10,12,17H,11H2,1-2H3,(H,21,24)(H,22,26)(H,23,25)/t17-/m0/s1. The summed E-state index contributed by atoms with van der Waals surface area (Å²) in [7, 11) is 0. The van der Waals surface area contributed by atoms with Crippen LogP contribution < -0.4 is 16.0 Å². The second-order valence-electron chi connectivity index (χ2n) is 6.59. The van der Waals surface area contributed by atoms with E-state index >= 15 is 0 Å². The SMILES string of the molecule is CC(C)c1ccc(NC(=O)C[C@@H]2NC(=O)c3ccccc3NC2=O)cc1. The molecule has 6 nitrogen and oxygen atoms in total. The van der Waals surface area contributed by atoms with Gasteiger partial charge in [-0.1, -0.05) is 38.1 Å². The van der Waals surface area contributed by atoms with E-state index in [-0.39, 0.29) is 18.2 Å². The van der Waals surface area contributed by atoms with Crippen LogP contribution in [-0.2, 0) is 9.59 Å². The summed E-state index contributed by atoms with van der Waals surface area (Å²) in [5.41, 5.74) is 2.66. The van der Waals surface area contributed by atoms with E-state index in [4.69, 9.17) is 0 Å². The maximum atomic E-state index is 12.3. The number of hydrogen-bond acceptors (Lipinski definition) is 3. The zero-order valence-corrected chi connectivity index (χ0v) is 14.7. The Morgan fingerprint density at radius 2 is 1.77 bits per heavy atom. The molecule has 1 heterocycles. The van der Waals surface area contributed by atoms with Crippen LogP contribution in [0.1, 0.15) is 42.1 Å². The molecule has 26 heavy (non-hydrogen) atoms. The lowest BCUT2D eigenvalue weighted by atomic mass is 10.0. The maximum absolute atomic E-state index is 12.3. The first kappa shape index (κ1) is 17.7. The van der Waals surface area contributed by atoms with Crippen LogP contribution in [0.4, 0.5) is 11.4 Å². The topological polar surface area (TPSA) is 87.3 Å². The number of hydrogen-bond donors (Lipinski definition) is 3. The molecule has 0 aliphatic carbocycles. The summed E-state index contributed by atoms with van der Waals surface area (Å²) in [6, 6.07) is 13.4. The van der Waals surface area contributed by atoms with E-state index in [9.17, 15) is 14.4 Å². The van der Waals surface area contributed by atoms with E-state index in [1.54, 1.807) is 24.3 Å². The smallest absolute Gasteiger partial charge is 0.254 e. The first-order valence-electron chi connectivity index (χ1n) is 8.54. The van der Waals surface area contributed by atoms with E-state index in [0.29, 0.717) is 22.9 Å². The molecule has 0 fully saturated rings. The van der Waals surface area contributed by atoms with Gasteiger partial charge < -0.3 is 16.0 Å². The molecule has 3 N–H and O–H groups in total. The van der Waals surface area contributed by atoms with Gasteiger partial charge >= 0.3 is 0 Å². The van der Waals surface area contributed by atoms with Crippen molar-refractivity contribution in [1.82, 2.24) is 5.32 Å². The molecule has 1 aliphatic heterocycles. The van der Waals surface area contributed by atoms with Crippen molar-refractivity contribution in [3.63, 3.8) is 0 Å². The highest BCUT2D eigenvalue weighted by Gasteiger charge is 2.29. The van der Waals surface area contributed by atoms with Crippen molar-refractivity contribution in [3.8, 4) is 0 Å². The fourth-order valence-corrected chi connectivity index (χ4v) is 2.80. The molecule has 134 valence electrons. The summed E-state index contributed by atoms with van der Waals surface area (Å²) < 4.78 is 0. The van der Waals surface area contributed by atoms with Crippen LogP contribution in [-0.4, -0.2) is 23.8 Å². The first-order chi connectivity index (χ1) is 12.4. The number of carbonyl (C=O) groups is 3. The third-order valence-corrected chi connectivity index (χ3v) is 4.30. The lowest BCUT2D eigenvalue weighted by molar-refractivity contribution is -0.122. The largest absolute Gasteiger partial charge is 0.340 e. The molecule has 2 aromatic carbocycles. The molecule has 0 aromatic heterocycles. The van der Waals surface area contributed by atoms with Crippen LogP contribution >= 0.6 is 0 Å². The van der Waals surface area contributed by atoms with Gasteiger partial charge in [0.2, 0.25) is 11.8 Å². The van der Waals surface area contributed by atoms with Crippen LogP contribution in [0.15, 0.2) is 48.5 Å². The molecule has 0 radical (unpaired) electrons. The van der Waals surface area contributed by atoms with Gasteiger partial charge in [-0.15, -0.1) is 0 Å². The summed E-state index contributed by atoms with van der Waals surface area (Å²) in [6.07, 6.45) is -0.141. The third-order valence-electron chi connectivity index (χ3n) is 4.30. The number of nitrogens with one attached hydrogen (secondary N) is 3. The molecule has 1 aliphatic rings. The fraction of sp³-hybridized carbons (Fsp3) is 0.250. The van der Waals surface area contributed by atoms with Crippen LogP contribution in [0.25, 0.3) is 0 Å². The van der Waals surface area contributed by atoms with Gasteiger partial charge in [0.05, 0.1) is 17.7 Å². The Hall–Kier alpha value is -3.15. The highest BCUT2D eigenvalue weighted by molar-refractivity contribution is 6.11. The quantitative estimate of drug-likeness (QED) is 0.791. The van der Waals surface area contributed by atoms with Crippen molar-refractivity contribution in [2.45, 2.75) is 32.2 Å². The number of rotatable bonds is 4. The van der Waals surface area contributed by atoms with Gasteiger partial charge in [0.15, 0.2) is 0 Å². The van der Waals surface area contributed by atoms with E-state index in [2.05, 4.69) is 29.8 Å². The summed E-state index contributed by atoms with van der Waals surface area (Å²) in [5, 5.41) is 8.07. The molecule has 0 bridgehead atoms. The van der Waals surface area contributed by atoms with Crippen LogP contribution in [0.5, 0.6) is 0 Å². The predicted octanol–water partition coefficient (Wildman–Crippen LogP) is 2.89. The van der Waals surface area contributed by atoms with Crippen LogP contribution in [0, 0.1) is 0 Å². The summed E-state index contributed by atoms with van der Waals surface area (Å²) >= 11 is 0. The number of carbonyl (C=O) groups excluding carboxylic acids is 3. The number of benzene rings is 2. The Labute approximate surface area is 152 Å². The highest BCUT2D eigenvalue weighted by Crippen LogP contribution is 2.20. The Morgan fingerprint density at radius 1 is 1.08 bits per heavy atom. The van der Waals surface area contributed by atoms with E-state index in [1.165, 1.54) is 5.56 Å². The van der Waals surface area contributed by atoms with Crippen molar-refractivity contribution in [3.05, 3.63) is 59.7 Å². The first-order valence-corrected chi connectivity index (χ1v) is 8.54. The number of anilines is 2. The van der Waals surface area contributed by atoms with Crippen LogP contribution in [0.2, 0.25) is 0 Å². The van der Waals surface area contributed by atoms with Crippen molar-refractivity contribution in [1.29, 1.82) is 0 Å². The zero-order chi connectivity index (χ0) is 18.7. The predicted molar refractivity (Wildman–Crippen MR) is 100 cm³/mol. The lowest BCUT2D eigenvalue weighted by Crippen LogP contribution is -2.43. The Balaban J connectivity index is 1.66. The summed E-state index contributed by atoms with van der Waals surface area (Å²) in [6.45, 7) is 4.19. The molecule has 2 aromatic rings. The molecule has 3 amide bonds. The number of amides is 3. The fourth-order valence-electron chi connectivity index (χ4n) is 2.80. The van der Waals surface area contributed by atoms with E-state index < -0.39 is 11.9 Å². The minimum Gasteiger partial charge on any atom is -0.340 e. The Bertz CT molecular complexity index is 844. The molecule has 0 saturated carbocycles. The van der Waals surface area contributed by atoms with Crippen molar-refractivity contribution < 1.29 is 14.4 Å². The number of fused-ring (bicyclic) bond motifs is 1. The van der Waals surface area contributed by atoms with Gasteiger partial charge in [-0.2, -0.15) is 0 Å². The molecule has 3 rings (SSSR count). The molecule has 1 atom stereocenters. The van der Waals surface area contributed by atoms with Gasteiger partial charge in [0.25, 0.3) is 5.91 Å². The molecule has 6 heteroatoms. The minimum atomic E-state index is -0.926. The van der Waals surface area contributed by atoms with Gasteiger partial charge in [-0.25, -0.2) is 0 Å². The highest BCUT2D eigenvalue weighted by atomic mass is 16.2. The van der Waals surface area contributed by atoms with E-state index in [1.807, 2.05) is 24.3 Å². The van der Waals surface area contributed by atoms with Crippen LogP contribution in [0.3, 0.4) is 0 Å². The second kappa shape index (κ2) is 7.39. The third kappa shape index (κ3) is 3.91. The molecular weight excluding hydrogens is 330 g/mol. The average molecular weight is 351 g/mol. The minimum absolute atomic E-state index is 0.141. The van der Waals surface area contributed by atoms with Gasteiger partial charge in [-0.3, -0.25) is 14.4 Å². The zero-order valence-electron chi connectivity index (χ0n) is 14.7. The second-order valence-corrected chi connectivity index (χ2v) is 6.59. The molecular formula is C20H21N3O3. The Morgan fingerprint density at radius 3 is 2.46 bits per heavy atom. The van der Waals surface area contributed by atoms with E-state index in [0.717, 1.165) is 0 Å². The Kier molecular flexibility index (Phi) is 5.02. The summed E-state index contributed by atoms with van der Waals surface area (Å²) in [4.78, 5) is 36.9. The average Bonchev–Trinajstić information content (AvgIpc) is 2.72.